The van der Waals surface area contributed by atoms with Gasteiger partial charge in [0, 0.05) is 6.42 Å². The van der Waals surface area contributed by atoms with E-state index in [1.807, 2.05) is 0 Å². The van der Waals surface area contributed by atoms with Crippen LogP contribution in [0.15, 0.2) is 11.3 Å². The molecule has 1 aromatic heterocycles. The molecule has 3 rings (SSSR count). The lowest BCUT2D eigenvalue weighted by atomic mass is 10.1. The largest absolute Gasteiger partial charge is 0.394 e. The molecular formula is C12H19N5O5. The summed E-state index contributed by atoms with van der Waals surface area (Å²) in [6.45, 7) is 1.30. The second kappa shape index (κ2) is 5.18. The van der Waals surface area contributed by atoms with E-state index >= 15 is 0 Å². The first-order valence-corrected chi connectivity index (χ1v) is 6.95. The molecular weight excluding hydrogens is 294 g/mol. The van der Waals surface area contributed by atoms with Crippen molar-refractivity contribution >= 4 is 11.8 Å². The third-order valence-electron chi connectivity index (χ3n) is 4.01. The molecule has 10 nitrogen and oxygen atoms in total. The highest BCUT2D eigenvalue weighted by Gasteiger charge is 2.46. The van der Waals surface area contributed by atoms with Gasteiger partial charge in [0.05, 0.1) is 12.9 Å². The van der Waals surface area contributed by atoms with Gasteiger partial charge in [-0.05, 0) is 0 Å². The van der Waals surface area contributed by atoms with E-state index in [1.165, 1.54) is 10.9 Å². The first kappa shape index (κ1) is 15.2. The summed E-state index contributed by atoms with van der Waals surface area (Å²) in [7, 11) is 0. The first-order valence-electron chi connectivity index (χ1n) is 6.95. The zero-order chi connectivity index (χ0) is 16.1. The summed E-state index contributed by atoms with van der Waals surface area (Å²) in [6, 6.07) is 0. The predicted molar refractivity (Wildman–Crippen MR) is 74.7 cm³/mol. The molecule has 0 aromatic carbocycles. The van der Waals surface area contributed by atoms with Gasteiger partial charge in [-0.1, -0.05) is 6.92 Å². The summed E-state index contributed by atoms with van der Waals surface area (Å²) < 4.78 is 6.87. The normalized spacial score (nSPS) is 37.6. The fraction of sp³-hybridized carbons (Fsp3) is 0.667. The second-order valence-electron chi connectivity index (χ2n) is 5.37. The lowest BCUT2D eigenvalue weighted by molar-refractivity contribution is -0.0520. The van der Waals surface area contributed by atoms with Crippen LogP contribution in [-0.4, -0.2) is 60.9 Å². The number of hydrogen-bond donors (Lipinski definition) is 6. The lowest BCUT2D eigenvalue weighted by Gasteiger charge is -2.28. The van der Waals surface area contributed by atoms with E-state index in [9.17, 15) is 15.3 Å². The third-order valence-corrected chi connectivity index (χ3v) is 4.01. The Morgan fingerprint density at radius 1 is 1.45 bits per heavy atom. The lowest BCUT2D eigenvalue weighted by Crippen LogP contribution is -2.38. The fourth-order valence-corrected chi connectivity index (χ4v) is 2.73. The van der Waals surface area contributed by atoms with E-state index < -0.39 is 36.9 Å². The Morgan fingerprint density at radius 2 is 2.18 bits per heavy atom. The molecule has 1 saturated heterocycles. The van der Waals surface area contributed by atoms with Gasteiger partial charge < -0.3 is 36.2 Å². The van der Waals surface area contributed by atoms with E-state index in [1.54, 1.807) is 6.92 Å². The number of nitrogens with zero attached hydrogens (tertiary/aromatic N) is 3. The molecule has 0 saturated carbocycles. The van der Waals surface area contributed by atoms with Crippen LogP contribution in [-0.2, 0) is 10.5 Å². The van der Waals surface area contributed by atoms with Crippen molar-refractivity contribution in [2.24, 2.45) is 10.7 Å². The molecule has 5 atom stereocenters. The van der Waals surface area contributed by atoms with Crippen LogP contribution in [0.5, 0.6) is 0 Å². The van der Waals surface area contributed by atoms with Crippen LogP contribution in [0.25, 0.3) is 0 Å². The standard InChI is InChI=1S/C12H19N5O5/c1-2-12(21)8-9(15-11(13)16-12)17(4-14-8)10-7(20)6(19)5(3-18)22-10/h4-7,10,18-21H,2-3H2,1H3,(H3,13,15,16)/t5-,6-,7-,10-,12?/m1/s1. The molecule has 1 unspecified atom stereocenters. The quantitative estimate of drug-likeness (QED) is 0.366. The Morgan fingerprint density at radius 3 is 2.77 bits per heavy atom. The molecule has 2 aliphatic rings. The maximum Gasteiger partial charge on any atom is 0.206 e. The average molecular weight is 313 g/mol. The van der Waals surface area contributed by atoms with Gasteiger partial charge in [0.15, 0.2) is 12.2 Å². The van der Waals surface area contributed by atoms with E-state index in [0.717, 1.165) is 0 Å². The predicted octanol–water partition coefficient (Wildman–Crippen LogP) is -2.21. The van der Waals surface area contributed by atoms with Gasteiger partial charge in [0.1, 0.15) is 29.8 Å². The highest BCUT2D eigenvalue weighted by atomic mass is 16.6. The monoisotopic (exact) mass is 313 g/mol. The Labute approximate surface area is 125 Å². The number of fused-ring (bicyclic) bond motifs is 1. The summed E-state index contributed by atoms with van der Waals surface area (Å²) in [4.78, 5) is 8.07. The van der Waals surface area contributed by atoms with Crippen LogP contribution in [0.1, 0.15) is 25.3 Å². The highest BCUT2D eigenvalue weighted by molar-refractivity contribution is 5.94. The minimum Gasteiger partial charge on any atom is -0.394 e. The van der Waals surface area contributed by atoms with Crippen LogP contribution >= 0.6 is 0 Å². The number of nitrogens with two attached hydrogens (primary N) is 1. The molecule has 122 valence electrons. The number of aliphatic hydroxyl groups excluding tert-OH is 3. The average Bonchev–Trinajstić information content (AvgIpc) is 3.02. The van der Waals surface area contributed by atoms with Crippen molar-refractivity contribution in [1.29, 1.82) is 0 Å². The minimum atomic E-state index is -1.56. The molecule has 2 aliphatic heterocycles. The van der Waals surface area contributed by atoms with Gasteiger partial charge >= 0.3 is 0 Å². The van der Waals surface area contributed by atoms with Crippen LogP contribution in [0.2, 0.25) is 0 Å². The Balaban J connectivity index is 2.00. The summed E-state index contributed by atoms with van der Waals surface area (Å²) >= 11 is 0. The summed E-state index contributed by atoms with van der Waals surface area (Å²) in [6.07, 6.45) is -2.75. The summed E-state index contributed by atoms with van der Waals surface area (Å²) in [5.41, 5.74) is 4.38. The smallest absolute Gasteiger partial charge is 0.206 e. The summed E-state index contributed by atoms with van der Waals surface area (Å²) in [5, 5.41) is 42.4. The molecule has 0 radical (unpaired) electrons. The second-order valence-corrected chi connectivity index (χ2v) is 5.37. The van der Waals surface area contributed by atoms with Crippen molar-refractivity contribution in [3.63, 3.8) is 0 Å². The van der Waals surface area contributed by atoms with E-state index in [-0.39, 0.29) is 18.1 Å². The number of ether oxygens (including phenoxy) is 1. The van der Waals surface area contributed by atoms with E-state index in [0.29, 0.717) is 5.82 Å². The maximum atomic E-state index is 10.5. The number of nitrogens with one attached hydrogen (secondary N) is 1. The third kappa shape index (κ3) is 2.08. The zero-order valence-electron chi connectivity index (χ0n) is 11.9. The zero-order valence-corrected chi connectivity index (χ0v) is 11.9. The maximum absolute atomic E-state index is 10.5. The fourth-order valence-electron chi connectivity index (χ4n) is 2.73. The first-order chi connectivity index (χ1) is 10.4. The molecule has 3 heterocycles. The molecule has 0 aliphatic carbocycles. The van der Waals surface area contributed by atoms with Gasteiger partial charge in [0.25, 0.3) is 0 Å². The molecule has 1 fully saturated rings. The number of aromatic nitrogens is 2. The van der Waals surface area contributed by atoms with Gasteiger partial charge in [-0.2, -0.15) is 0 Å². The van der Waals surface area contributed by atoms with Crippen LogP contribution < -0.4 is 11.1 Å². The van der Waals surface area contributed by atoms with Crippen molar-refractivity contribution in [3.05, 3.63) is 12.0 Å². The molecule has 0 bridgehead atoms. The number of rotatable bonds is 3. The highest BCUT2D eigenvalue weighted by Crippen LogP contribution is 2.38. The van der Waals surface area contributed by atoms with Crippen molar-refractivity contribution < 1.29 is 25.2 Å². The molecule has 22 heavy (non-hydrogen) atoms. The van der Waals surface area contributed by atoms with Crippen LogP contribution in [0.3, 0.4) is 0 Å². The minimum absolute atomic E-state index is 0.00495. The van der Waals surface area contributed by atoms with E-state index in [4.69, 9.17) is 15.6 Å². The van der Waals surface area contributed by atoms with Crippen molar-refractivity contribution in [1.82, 2.24) is 9.55 Å². The van der Waals surface area contributed by atoms with Crippen molar-refractivity contribution in [2.75, 3.05) is 11.9 Å². The number of imidazole rings is 1. The molecule has 7 N–H and O–H groups in total. The van der Waals surface area contributed by atoms with Gasteiger partial charge in [-0.15, -0.1) is 0 Å². The van der Waals surface area contributed by atoms with Gasteiger partial charge in [0.2, 0.25) is 5.72 Å². The molecule has 0 amide bonds. The van der Waals surface area contributed by atoms with Crippen LogP contribution in [0, 0.1) is 0 Å². The van der Waals surface area contributed by atoms with Gasteiger partial charge in [-0.25, -0.2) is 9.98 Å². The SMILES string of the molecule is CCC1(O)N=C(N)Nc2c1ncn2[C@@H]1O[C@H](CO)[C@@H](O)[C@H]1O. The van der Waals surface area contributed by atoms with Gasteiger partial charge in [-0.3, -0.25) is 4.57 Å². The molecule has 10 heteroatoms. The van der Waals surface area contributed by atoms with E-state index in [2.05, 4.69) is 15.3 Å². The molecule has 1 aromatic rings. The number of aliphatic hydroxyl groups is 4. The van der Waals surface area contributed by atoms with Crippen molar-refractivity contribution in [3.8, 4) is 0 Å². The Bertz CT molecular complexity index is 605. The topological polar surface area (TPSA) is 158 Å². The summed E-state index contributed by atoms with van der Waals surface area (Å²) in [5.74, 6) is 0.331. The number of aliphatic imine (C=N–C) groups is 1. The number of hydrogen-bond acceptors (Lipinski definition) is 9. The van der Waals surface area contributed by atoms with Crippen molar-refractivity contribution in [2.45, 2.75) is 43.6 Å². The molecule has 0 spiro atoms. The van der Waals surface area contributed by atoms with Crippen LogP contribution in [0.4, 0.5) is 5.82 Å². The Hall–Kier alpha value is -1.72. The number of guanidine groups is 1. The Kier molecular flexibility index (Phi) is 3.57. The number of anilines is 1.